The van der Waals surface area contributed by atoms with Crippen LogP contribution in [-0.2, 0) is 4.79 Å². The molecular weight excluding hydrogens is 202 g/mol. The zero-order valence-corrected chi connectivity index (χ0v) is 11.8. The molecule has 0 aliphatic heterocycles. The van der Waals surface area contributed by atoms with E-state index in [-0.39, 0.29) is 29.4 Å². The summed E-state index contributed by atoms with van der Waals surface area (Å²) in [6.45, 7) is 12.1. The SMILES string of the molecule is CN(C(=O)C(C)(C)C)[C@@H](CO)CC(C)(C)C. The van der Waals surface area contributed by atoms with E-state index in [9.17, 15) is 9.90 Å². The maximum Gasteiger partial charge on any atom is 0.228 e. The summed E-state index contributed by atoms with van der Waals surface area (Å²) >= 11 is 0. The minimum atomic E-state index is -0.389. The number of likely N-dealkylation sites (N-methyl/N-ethyl adjacent to an activating group) is 1. The molecule has 0 aromatic heterocycles. The molecule has 0 bridgehead atoms. The van der Waals surface area contributed by atoms with Crippen molar-refractivity contribution < 1.29 is 9.90 Å². The van der Waals surface area contributed by atoms with Gasteiger partial charge in [-0.05, 0) is 11.8 Å². The average Bonchev–Trinajstić information content (AvgIpc) is 2.08. The molecule has 3 nitrogen and oxygen atoms in total. The van der Waals surface area contributed by atoms with Crippen LogP contribution in [0.2, 0.25) is 0 Å². The molecule has 0 unspecified atom stereocenters. The number of amides is 1. The monoisotopic (exact) mass is 229 g/mol. The van der Waals surface area contributed by atoms with E-state index < -0.39 is 0 Å². The maximum absolute atomic E-state index is 12.1. The Morgan fingerprint density at radius 3 is 1.88 bits per heavy atom. The minimum absolute atomic E-state index is 0.0234. The standard InChI is InChI=1S/C13H27NO2/c1-12(2,3)8-10(9-15)14(7)11(16)13(4,5)6/h10,15H,8-9H2,1-7H3/t10-/m1/s1. The number of hydrogen-bond donors (Lipinski definition) is 1. The van der Waals surface area contributed by atoms with Crippen LogP contribution >= 0.6 is 0 Å². The molecule has 0 aromatic carbocycles. The maximum atomic E-state index is 12.1. The quantitative estimate of drug-likeness (QED) is 0.806. The van der Waals surface area contributed by atoms with E-state index in [1.807, 2.05) is 20.8 Å². The second-order valence-electron chi connectivity index (χ2n) is 6.77. The highest BCUT2D eigenvalue weighted by atomic mass is 16.3. The van der Waals surface area contributed by atoms with Crippen molar-refractivity contribution in [3.05, 3.63) is 0 Å². The van der Waals surface area contributed by atoms with Gasteiger partial charge in [-0.1, -0.05) is 41.5 Å². The van der Waals surface area contributed by atoms with Crippen LogP contribution in [0.15, 0.2) is 0 Å². The lowest BCUT2D eigenvalue weighted by Crippen LogP contribution is -2.46. The smallest absolute Gasteiger partial charge is 0.228 e. The molecule has 0 spiro atoms. The van der Waals surface area contributed by atoms with E-state index >= 15 is 0 Å². The van der Waals surface area contributed by atoms with Crippen LogP contribution in [0.5, 0.6) is 0 Å². The van der Waals surface area contributed by atoms with Gasteiger partial charge in [0.05, 0.1) is 12.6 Å². The topological polar surface area (TPSA) is 40.5 Å². The van der Waals surface area contributed by atoms with Gasteiger partial charge in [0.1, 0.15) is 0 Å². The third kappa shape index (κ3) is 4.97. The molecule has 0 aliphatic carbocycles. The first kappa shape index (κ1) is 15.4. The molecule has 0 heterocycles. The number of hydrogen-bond acceptors (Lipinski definition) is 2. The third-order valence-corrected chi connectivity index (χ3v) is 2.57. The van der Waals surface area contributed by atoms with E-state index in [1.165, 1.54) is 0 Å². The fourth-order valence-corrected chi connectivity index (χ4v) is 1.73. The van der Waals surface area contributed by atoms with Crippen molar-refractivity contribution in [3.8, 4) is 0 Å². The molecule has 96 valence electrons. The van der Waals surface area contributed by atoms with Crippen molar-refractivity contribution in [1.82, 2.24) is 4.90 Å². The number of rotatable bonds is 3. The van der Waals surface area contributed by atoms with Crippen molar-refractivity contribution in [1.29, 1.82) is 0 Å². The number of carbonyl (C=O) groups excluding carboxylic acids is 1. The van der Waals surface area contributed by atoms with E-state index in [1.54, 1.807) is 11.9 Å². The number of aliphatic hydroxyl groups excluding tert-OH is 1. The zero-order valence-electron chi connectivity index (χ0n) is 11.8. The Morgan fingerprint density at radius 2 is 1.62 bits per heavy atom. The van der Waals surface area contributed by atoms with Crippen molar-refractivity contribution in [2.24, 2.45) is 10.8 Å². The molecule has 0 saturated heterocycles. The van der Waals surface area contributed by atoms with E-state index in [2.05, 4.69) is 20.8 Å². The summed E-state index contributed by atoms with van der Waals surface area (Å²) in [7, 11) is 1.78. The summed E-state index contributed by atoms with van der Waals surface area (Å²) in [4.78, 5) is 13.8. The van der Waals surface area contributed by atoms with Gasteiger partial charge in [0, 0.05) is 12.5 Å². The molecule has 0 aromatic rings. The second kappa shape index (κ2) is 5.17. The van der Waals surface area contributed by atoms with E-state index in [0.717, 1.165) is 6.42 Å². The van der Waals surface area contributed by atoms with Crippen molar-refractivity contribution in [2.45, 2.75) is 54.0 Å². The lowest BCUT2D eigenvalue weighted by Gasteiger charge is -2.35. The highest BCUT2D eigenvalue weighted by Crippen LogP contribution is 2.25. The Hall–Kier alpha value is -0.570. The fraction of sp³-hybridized carbons (Fsp3) is 0.923. The van der Waals surface area contributed by atoms with Gasteiger partial charge in [-0.15, -0.1) is 0 Å². The van der Waals surface area contributed by atoms with Crippen LogP contribution < -0.4 is 0 Å². The minimum Gasteiger partial charge on any atom is -0.394 e. The Labute approximate surface area is 99.8 Å². The van der Waals surface area contributed by atoms with Crippen molar-refractivity contribution in [2.75, 3.05) is 13.7 Å². The molecule has 1 N–H and O–H groups in total. The predicted molar refractivity (Wildman–Crippen MR) is 67.2 cm³/mol. The molecule has 0 aliphatic rings. The Balaban J connectivity index is 4.67. The molecule has 1 atom stereocenters. The lowest BCUT2D eigenvalue weighted by atomic mass is 9.86. The third-order valence-electron chi connectivity index (χ3n) is 2.57. The Morgan fingerprint density at radius 1 is 1.19 bits per heavy atom. The number of carbonyl (C=O) groups is 1. The zero-order chi connectivity index (χ0) is 13.1. The fourth-order valence-electron chi connectivity index (χ4n) is 1.73. The molecule has 0 saturated carbocycles. The average molecular weight is 229 g/mol. The van der Waals surface area contributed by atoms with Crippen LogP contribution in [0, 0.1) is 10.8 Å². The van der Waals surface area contributed by atoms with Gasteiger partial charge >= 0.3 is 0 Å². The van der Waals surface area contributed by atoms with Gasteiger partial charge in [0.25, 0.3) is 0 Å². The van der Waals surface area contributed by atoms with Crippen molar-refractivity contribution >= 4 is 5.91 Å². The van der Waals surface area contributed by atoms with Crippen LogP contribution in [0.25, 0.3) is 0 Å². The second-order valence-corrected chi connectivity index (χ2v) is 6.77. The summed E-state index contributed by atoms with van der Waals surface area (Å²) in [5.41, 5.74) is -0.278. The summed E-state index contributed by atoms with van der Waals surface area (Å²) in [5, 5.41) is 9.38. The summed E-state index contributed by atoms with van der Waals surface area (Å²) < 4.78 is 0. The van der Waals surface area contributed by atoms with Gasteiger partial charge < -0.3 is 10.0 Å². The largest absolute Gasteiger partial charge is 0.394 e. The molecule has 16 heavy (non-hydrogen) atoms. The highest BCUT2D eigenvalue weighted by Gasteiger charge is 2.31. The van der Waals surface area contributed by atoms with Crippen LogP contribution in [0.1, 0.15) is 48.0 Å². The Bertz CT molecular complexity index is 235. The Kier molecular flexibility index (Phi) is 4.99. The van der Waals surface area contributed by atoms with Crippen LogP contribution in [0.4, 0.5) is 0 Å². The van der Waals surface area contributed by atoms with Gasteiger partial charge in [-0.25, -0.2) is 0 Å². The lowest BCUT2D eigenvalue weighted by molar-refractivity contribution is -0.141. The number of nitrogens with zero attached hydrogens (tertiary/aromatic N) is 1. The van der Waals surface area contributed by atoms with E-state index in [4.69, 9.17) is 0 Å². The summed E-state index contributed by atoms with van der Waals surface area (Å²) in [5.74, 6) is 0.0794. The summed E-state index contributed by atoms with van der Waals surface area (Å²) in [6, 6.07) is -0.0910. The predicted octanol–water partition coefficient (Wildman–Crippen LogP) is 2.29. The molecular formula is C13H27NO2. The van der Waals surface area contributed by atoms with Gasteiger partial charge in [0.2, 0.25) is 5.91 Å². The molecule has 0 radical (unpaired) electrons. The van der Waals surface area contributed by atoms with Gasteiger partial charge in [-0.2, -0.15) is 0 Å². The van der Waals surface area contributed by atoms with Crippen molar-refractivity contribution in [3.63, 3.8) is 0 Å². The van der Waals surface area contributed by atoms with Crippen LogP contribution in [0.3, 0.4) is 0 Å². The first-order chi connectivity index (χ1) is 6.99. The first-order valence-electron chi connectivity index (χ1n) is 5.87. The number of aliphatic hydroxyl groups is 1. The highest BCUT2D eigenvalue weighted by molar-refractivity contribution is 5.81. The molecule has 0 rings (SSSR count). The normalized spacial score (nSPS) is 14.8. The van der Waals surface area contributed by atoms with E-state index in [0.29, 0.717) is 0 Å². The first-order valence-corrected chi connectivity index (χ1v) is 5.87. The van der Waals surface area contributed by atoms with Gasteiger partial charge in [0.15, 0.2) is 0 Å². The molecule has 0 fully saturated rings. The molecule has 1 amide bonds. The van der Waals surface area contributed by atoms with Gasteiger partial charge in [-0.3, -0.25) is 4.79 Å². The molecule has 3 heteroatoms. The summed E-state index contributed by atoms with van der Waals surface area (Å²) in [6.07, 6.45) is 0.807. The van der Waals surface area contributed by atoms with Crippen LogP contribution in [-0.4, -0.2) is 35.6 Å².